The van der Waals surface area contributed by atoms with Crippen LogP contribution in [0.3, 0.4) is 0 Å². The molecule has 0 aliphatic carbocycles. The van der Waals surface area contributed by atoms with Gasteiger partial charge in [-0.1, -0.05) is 0 Å². The normalized spacial score (nSPS) is 31.6. The Bertz CT molecular complexity index is 142. The van der Waals surface area contributed by atoms with Crippen molar-refractivity contribution >= 4 is 0 Å². The van der Waals surface area contributed by atoms with Crippen molar-refractivity contribution in [1.29, 1.82) is 0 Å². The molecule has 1 atom stereocenters. The molecular formula is C9H18FN. The molecular weight excluding hydrogens is 141 g/mol. The van der Waals surface area contributed by atoms with Crippen LogP contribution in [0.15, 0.2) is 0 Å². The van der Waals surface area contributed by atoms with Gasteiger partial charge in [-0.05, 0) is 34.1 Å². The van der Waals surface area contributed by atoms with Gasteiger partial charge in [0.25, 0.3) is 0 Å². The highest BCUT2D eigenvalue weighted by Gasteiger charge is 2.42. The summed E-state index contributed by atoms with van der Waals surface area (Å²) in [4.78, 5) is 2.23. The van der Waals surface area contributed by atoms with E-state index in [1.54, 1.807) is 0 Å². The second-order valence-corrected chi connectivity index (χ2v) is 4.20. The lowest BCUT2D eigenvalue weighted by Gasteiger charge is -2.35. The minimum Gasteiger partial charge on any atom is -0.293 e. The maximum Gasteiger partial charge on any atom is 0.119 e. The summed E-state index contributed by atoms with van der Waals surface area (Å²) in [5.74, 6) is 0. The number of hydrogen-bond donors (Lipinski definition) is 0. The molecule has 1 aliphatic heterocycles. The first-order valence-electron chi connectivity index (χ1n) is 4.37. The van der Waals surface area contributed by atoms with Crippen molar-refractivity contribution < 1.29 is 4.39 Å². The fourth-order valence-corrected chi connectivity index (χ4v) is 2.00. The van der Waals surface area contributed by atoms with Crippen LogP contribution in [-0.2, 0) is 0 Å². The number of alkyl halides is 1. The van der Waals surface area contributed by atoms with Crippen LogP contribution in [0, 0.1) is 0 Å². The molecule has 11 heavy (non-hydrogen) atoms. The van der Waals surface area contributed by atoms with Crippen LogP contribution in [0.25, 0.3) is 0 Å². The SMILES string of the molecule is CC(C)N1CCC(F)C1(C)C. The highest BCUT2D eigenvalue weighted by molar-refractivity contribution is 4.96. The zero-order chi connectivity index (χ0) is 8.65. The van der Waals surface area contributed by atoms with Gasteiger partial charge in [0, 0.05) is 18.1 Å². The Hall–Kier alpha value is -0.110. The van der Waals surface area contributed by atoms with E-state index in [-0.39, 0.29) is 5.54 Å². The lowest BCUT2D eigenvalue weighted by Crippen LogP contribution is -2.46. The zero-order valence-corrected chi connectivity index (χ0v) is 7.89. The molecule has 1 fully saturated rings. The monoisotopic (exact) mass is 159 g/mol. The van der Waals surface area contributed by atoms with E-state index < -0.39 is 6.17 Å². The Morgan fingerprint density at radius 1 is 1.45 bits per heavy atom. The quantitative estimate of drug-likeness (QED) is 0.567. The van der Waals surface area contributed by atoms with Crippen molar-refractivity contribution in [3.63, 3.8) is 0 Å². The van der Waals surface area contributed by atoms with Gasteiger partial charge >= 0.3 is 0 Å². The molecule has 1 aliphatic rings. The molecule has 0 aromatic carbocycles. The molecule has 0 amide bonds. The first kappa shape index (κ1) is 8.98. The van der Waals surface area contributed by atoms with Gasteiger partial charge in [0.15, 0.2) is 0 Å². The van der Waals surface area contributed by atoms with E-state index >= 15 is 0 Å². The van der Waals surface area contributed by atoms with E-state index in [2.05, 4.69) is 18.7 Å². The van der Waals surface area contributed by atoms with Crippen LogP contribution < -0.4 is 0 Å². The summed E-state index contributed by atoms with van der Waals surface area (Å²) in [5.41, 5.74) is -0.242. The Morgan fingerprint density at radius 3 is 2.18 bits per heavy atom. The summed E-state index contributed by atoms with van der Waals surface area (Å²) in [6.45, 7) is 9.14. The Labute approximate surface area is 68.6 Å². The minimum atomic E-state index is -0.648. The zero-order valence-electron chi connectivity index (χ0n) is 7.89. The second-order valence-electron chi connectivity index (χ2n) is 4.20. The third-order valence-corrected chi connectivity index (χ3v) is 2.75. The van der Waals surface area contributed by atoms with Crippen molar-refractivity contribution in [2.75, 3.05) is 6.54 Å². The Morgan fingerprint density at radius 2 is 2.00 bits per heavy atom. The Kier molecular flexibility index (Phi) is 2.24. The number of halogens is 1. The maximum atomic E-state index is 13.3. The molecule has 0 bridgehead atoms. The van der Waals surface area contributed by atoms with Gasteiger partial charge in [0.05, 0.1) is 0 Å². The first-order valence-corrected chi connectivity index (χ1v) is 4.37. The van der Waals surface area contributed by atoms with Crippen LogP contribution >= 0.6 is 0 Å². The number of hydrogen-bond acceptors (Lipinski definition) is 1. The van der Waals surface area contributed by atoms with E-state index in [9.17, 15) is 4.39 Å². The van der Waals surface area contributed by atoms with Crippen molar-refractivity contribution in [3.05, 3.63) is 0 Å². The fraction of sp³-hybridized carbons (Fsp3) is 1.00. The molecule has 1 rings (SSSR count). The summed E-state index contributed by atoms with van der Waals surface area (Å²) in [7, 11) is 0. The van der Waals surface area contributed by atoms with Crippen LogP contribution in [-0.4, -0.2) is 29.2 Å². The minimum absolute atomic E-state index is 0.242. The van der Waals surface area contributed by atoms with Crippen molar-refractivity contribution in [2.24, 2.45) is 0 Å². The summed E-state index contributed by atoms with van der Waals surface area (Å²) < 4.78 is 13.3. The van der Waals surface area contributed by atoms with Crippen molar-refractivity contribution in [3.8, 4) is 0 Å². The summed E-state index contributed by atoms with van der Waals surface area (Å²) in [5, 5.41) is 0. The predicted octanol–water partition coefficient (Wildman–Crippen LogP) is 2.22. The van der Waals surface area contributed by atoms with Crippen molar-refractivity contribution in [2.45, 2.75) is 51.9 Å². The average Bonchev–Trinajstić information content (AvgIpc) is 2.08. The van der Waals surface area contributed by atoms with Crippen LogP contribution in [0.4, 0.5) is 4.39 Å². The van der Waals surface area contributed by atoms with Crippen LogP contribution in [0.2, 0.25) is 0 Å². The number of likely N-dealkylation sites (tertiary alicyclic amines) is 1. The van der Waals surface area contributed by atoms with E-state index in [0.717, 1.165) is 6.54 Å². The molecule has 1 saturated heterocycles. The first-order chi connectivity index (χ1) is 4.96. The molecule has 1 unspecified atom stereocenters. The standard InChI is InChI=1S/C9H18FN/c1-7(2)11-6-5-8(10)9(11,3)4/h7-8H,5-6H2,1-4H3. The largest absolute Gasteiger partial charge is 0.293 e. The number of rotatable bonds is 1. The second kappa shape index (κ2) is 2.74. The van der Waals surface area contributed by atoms with E-state index in [4.69, 9.17) is 0 Å². The topological polar surface area (TPSA) is 3.24 Å². The van der Waals surface area contributed by atoms with Gasteiger partial charge in [-0.25, -0.2) is 4.39 Å². The van der Waals surface area contributed by atoms with E-state index in [0.29, 0.717) is 12.5 Å². The number of nitrogens with zero attached hydrogens (tertiary/aromatic N) is 1. The molecule has 0 saturated carbocycles. The highest BCUT2D eigenvalue weighted by Crippen LogP contribution is 2.32. The third kappa shape index (κ3) is 1.41. The average molecular weight is 159 g/mol. The molecule has 2 heteroatoms. The van der Waals surface area contributed by atoms with Gasteiger partial charge in [-0.2, -0.15) is 0 Å². The van der Waals surface area contributed by atoms with Crippen LogP contribution in [0.5, 0.6) is 0 Å². The molecule has 1 heterocycles. The molecule has 1 nitrogen and oxygen atoms in total. The van der Waals surface area contributed by atoms with Crippen molar-refractivity contribution in [1.82, 2.24) is 4.90 Å². The Balaban J connectivity index is 2.70. The summed E-state index contributed by atoms with van der Waals surface area (Å²) >= 11 is 0. The van der Waals surface area contributed by atoms with Gasteiger partial charge in [0.2, 0.25) is 0 Å². The fourth-order valence-electron chi connectivity index (χ4n) is 2.00. The molecule has 0 spiro atoms. The van der Waals surface area contributed by atoms with Gasteiger partial charge in [0.1, 0.15) is 6.17 Å². The summed E-state index contributed by atoms with van der Waals surface area (Å²) in [6.07, 6.45) is 0.0513. The molecule has 0 aromatic rings. The lowest BCUT2D eigenvalue weighted by atomic mass is 9.99. The lowest BCUT2D eigenvalue weighted by molar-refractivity contribution is 0.0855. The summed E-state index contributed by atoms with van der Waals surface area (Å²) in [6, 6.07) is 0.464. The molecule has 66 valence electrons. The highest BCUT2D eigenvalue weighted by atomic mass is 19.1. The predicted molar refractivity (Wildman–Crippen MR) is 45.4 cm³/mol. The van der Waals surface area contributed by atoms with Crippen LogP contribution in [0.1, 0.15) is 34.1 Å². The van der Waals surface area contributed by atoms with E-state index in [1.165, 1.54) is 0 Å². The molecule has 0 N–H and O–H groups in total. The van der Waals surface area contributed by atoms with Gasteiger partial charge < -0.3 is 0 Å². The smallest absolute Gasteiger partial charge is 0.119 e. The third-order valence-electron chi connectivity index (χ3n) is 2.75. The molecule has 0 aromatic heterocycles. The maximum absolute atomic E-state index is 13.3. The van der Waals surface area contributed by atoms with Gasteiger partial charge in [-0.15, -0.1) is 0 Å². The van der Waals surface area contributed by atoms with Gasteiger partial charge in [-0.3, -0.25) is 4.90 Å². The molecule has 0 radical (unpaired) electrons. The van der Waals surface area contributed by atoms with E-state index in [1.807, 2.05) is 13.8 Å².